The number of aromatic nitrogens is 2. The van der Waals surface area contributed by atoms with Crippen LogP contribution in [0.25, 0.3) is 22.4 Å². The van der Waals surface area contributed by atoms with E-state index in [1.807, 2.05) is 48.5 Å². The molecule has 0 unspecified atom stereocenters. The maximum absolute atomic E-state index is 6.20. The van der Waals surface area contributed by atoms with Crippen molar-refractivity contribution in [3.63, 3.8) is 0 Å². The monoisotopic (exact) mass is 376 g/mol. The average Bonchev–Trinajstić information content (AvgIpc) is 3.03. The Morgan fingerprint density at radius 1 is 0.926 bits per heavy atom. The number of benzene rings is 3. The molecule has 3 aromatic carbocycles. The molecule has 0 aliphatic carbocycles. The highest BCUT2D eigenvalue weighted by atomic mass is 35.5. The van der Waals surface area contributed by atoms with Crippen LogP contribution in [0.15, 0.2) is 66.7 Å². The molecule has 1 aromatic heterocycles. The van der Waals surface area contributed by atoms with Gasteiger partial charge < -0.3 is 9.30 Å². The van der Waals surface area contributed by atoms with Crippen LogP contribution in [0.5, 0.6) is 5.75 Å². The van der Waals surface area contributed by atoms with E-state index in [0.29, 0.717) is 18.2 Å². The number of fused-ring (bicyclic) bond motifs is 1. The van der Waals surface area contributed by atoms with E-state index in [0.717, 1.165) is 28.2 Å². The Bertz CT molecular complexity index is 1100. The summed E-state index contributed by atoms with van der Waals surface area (Å²) in [6, 6.07) is 22.2. The third kappa shape index (κ3) is 3.69. The summed E-state index contributed by atoms with van der Waals surface area (Å²) in [6.07, 6.45) is 0. The quantitative estimate of drug-likeness (QED) is 0.423. The third-order valence-corrected chi connectivity index (χ3v) is 5.03. The first kappa shape index (κ1) is 17.6. The fourth-order valence-corrected chi connectivity index (χ4v) is 3.40. The van der Waals surface area contributed by atoms with Crippen LogP contribution in [0.3, 0.4) is 0 Å². The van der Waals surface area contributed by atoms with Crippen LogP contribution in [-0.4, -0.2) is 16.2 Å². The molecule has 0 spiro atoms. The topological polar surface area (TPSA) is 27.1 Å². The lowest BCUT2D eigenvalue weighted by Crippen LogP contribution is -2.09. The fourth-order valence-electron chi connectivity index (χ4n) is 3.21. The lowest BCUT2D eigenvalue weighted by Gasteiger charge is -2.12. The number of imidazole rings is 1. The van der Waals surface area contributed by atoms with Crippen molar-refractivity contribution in [1.82, 2.24) is 9.55 Å². The van der Waals surface area contributed by atoms with Crippen LogP contribution in [0, 0.1) is 13.8 Å². The van der Waals surface area contributed by atoms with Crippen molar-refractivity contribution < 1.29 is 4.74 Å². The van der Waals surface area contributed by atoms with Crippen molar-refractivity contribution in [2.45, 2.75) is 20.4 Å². The van der Waals surface area contributed by atoms with Gasteiger partial charge in [-0.25, -0.2) is 4.98 Å². The van der Waals surface area contributed by atoms with Crippen molar-refractivity contribution in [2.75, 3.05) is 6.61 Å². The lowest BCUT2D eigenvalue weighted by molar-refractivity contribution is 0.300. The zero-order valence-electron chi connectivity index (χ0n) is 15.4. The van der Waals surface area contributed by atoms with Gasteiger partial charge in [-0.15, -0.1) is 0 Å². The van der Waals surface area contributed by atoms with Crippen molar-refractivity contribution in [3.8, 4) is 17.1 Å². The SMILES string of the molecule is Cc1ccc(OCCn2c(-c3cccc(Cl)c3)nc3ccccc32)cc1C. The second-order valence-electron chi connectivity index (χ2n) is 6.68. The summed E-state index contributed by atoms with van der Waals surface area (Å²) in [5.41, 5.74) is 5.58. The Balaban J connectivity index is 1.63. The van der Waals surface area contributed by atoms with E-state index in [1.165, 1.54) is 11.1 Å². The van der Waals surface area contributed by atoms with Gasteiger partial charge in [-0.05, 0) is 61.4 Å². The van der Waals surface area contributed by atoms with Gasteiger partial charge in [-0.3, -0.25) is 0 Å². The summed E-state index contributed by atoms with van der Waals surface area (Å²) in [5, 5.41) is 0.706. The molecule has 0 fully saturated rings. The molecule has 3 nitrogen and oxygen atoms in total. The summed E-state index contributed by atoms with van der Waals surface area (Å²) in [5.74, 6) is 1.80. The smallest absolute Gasteiger partial charge is 0.141 e. The minimum atomic E-state index is 0.566. The van der Waals surface area contributed by atoms with E-state index in [1.54, 1.807) is 0 Å². The van der Waals surface area contributed by atoms with Crippen LogP contribution in [0.1, 0.15) is 11.1 Å². The summed E-state index contributed by atoms with van der Waals surface area (Å²) in [6.45, 7) is 5.47. The maximum Gasteiger partial charge on any atom is 0.141 e. The fraction of sp³-hybridized carbons (Fsp3) is 0.174. The highest BCUT2D eigenvalue weighted by Crippen LogP contribution is 2.27. The van der Waals surface area contributed by atoms with E-state index in [-0.39, 0.29) is 0 Å². The molecule has 4 rings (SSSR count). The molecule has 1 heterocycles. The Hall–Kier alpha value is -2.78. The van der Waals surface area contributed by atoms with Gasteiger partial charge in [0.05, 0.1) is 17.6 Å². The number of aryl methyl sites for hydroxylation is 2. The van der Waals surface area contributed by atoms with Gasteiger partial charge in [0.25, 0.3) is 0 Å². The standard InChI is InChI=1S/C23H21ClN2O/c1-16-10-11-20(14-17(16)2)27-13-12-26-22-9-4-3-8-21(22)25-23(26)18-6-5-7-19(24)15-18/h3-11,14-15H,12-13H2,1-2H3. The van der Waals surface area contributed by atoms with Crippen molar-refractivity contribution in [1.29, 1.82) is 0 Å². The van der Waals surface area contributed by atoms with Crippen LogP contribution < -0.4 is 4.74 Å². The molecule has 0 aliphatic rings. The van der Waals surface area contributed by atoms with Crippen molar-refractivity contribution >= 4 is 22.6 Å². The van der Waals surface area contributed by atoms with E-state index in [2.05, 4.69) is 36.6 Å². The first-order valence-electron chi connectivity index (χ1n) is 9.03. The van der Waals surface area contributed by atoms with Crippen LogP contribution in [0.4, 0.5) is 0 Å². The first-order valence-corrected chi connectivity index (χ1v) is 9.41. The second kappa shape index (κ2) is 7.45. The van der Waals surface area contributed by atoms with E-state index >= 15 is 0 Å². The molecule has 136 valence electrons. The van der Waals surface area contributed by atoms with Gasteiger partial charge in [0.15, 0.2) is 0 Å². The predicted molar refractivity (Wildman–Crippen MR) is 112 cm³/mol. The third-order valence-electron chi connectivity index (χ3n) is 4.80. The molecule has 0 atom stereocenters. The largest absolute Gasteiger partial charge is 0.492 e. The normalized spacial score (nSPS) is 11.1. The molecule has 0 saturated carbocycles. The summed E-state index contributed by atoms with van der Waals surface area (Å²) >= 11 is 6.20. The molecule has 4 aromatic rings. The number of nitrogens with zero attached hydrogens (tertiary/aromatic N) is 2. The molecule has 0 N–H and O–H groups in total. The number of hydrogen-bond acceptors (Lipinski definition) is 2. The van der Waals surface area contributed by atoms with Gasteiger partial charge in [-0.1, -0.05) is 41.9 Å². The van der Waals surface area contributed by atoms with Crippen molar-refractivity contribution in [2.24, 2.45) is 0 Å². The first-order chi connectivity index (χ1) is 13.1. The predicted octanol–water partition coefficient (Wildman–Crippen LogP) is 6.05. The highest BCUT2D eigenvalue weighted by Gasteiger charge is 2.12. The van der Waals surface area contributed by atoms with Crippen LogP contribution in [-0.2, 0) is 6.54 Å². The Kier molecular flexibility index (Phi) is 4.87. The molecular weight excluding hydrogens is 356 g/mol. The molecule has 0 amide bonds. The summed E-state index contributed by atoms with van der Waals surface area (Å²) in [7, 11) is 0. The maximum atomic E-state index is 6.20. The molecule has 0 saturated heterocycles. The zero-order valence-corrected chi connectivity index (χ0v) is 16.2. The van der Waals surface area contributed by atoms with Crippen LogP contribution >= 0.6 is 11.6 Å². The minimum absolute atomic E-state index is 0.566. The Morgan fingerprint density at radius 3 is 2.59 bits per heavy atom. The van der Waals surface area contributed by atoms with E-state index in [9.17, 15) is 0 Å². The molecular formula is C23H21ClN2O. The number of ether oxygens (including phenoxy) is 1. The second-order valence-corrected chi connectivity index (χ2v) is 7.12. The number of para-hydroxylation sites is 2. The van der Waals surface area contributed by atoms with Gasteiger partial charge in [0.2, 0.25) is 0 Å². The van der Waals surface area contributed by atoms with Crippen LogP contribution in [0.2, 0.25) is 5.02 Å². The van der Waals surface area contributed by atoms with Gasteiger partial charge in [0.1, 0.15) is 18.2 Å². The zero-order chi connectivity index (χ0) is 18.8. The Morgan fingerprint density at radius 2 is 1.78 bits per heavy atom. The number of halogens is 1. The Labute approximate surface area is 164 Å². The van der Waals surface area contributed by atoms with E-state index < -0.39 is 0 Å². The van der Waals surface area contributed by atoms with E-state index in [4.69, 9.17) is 21.3 Å². The molecule has 0 aliphatic heterocycles. The summed E-state index contributed by atoms with van der Waals surface area (Å²) < 4.78 is 8.20. The van der Waals surface area contributed by atoms with Gasteiger partial charge >= 0.3 is 0 Å². The van der Waals surface area contributed by atoms with Gasteiger partial charge in [-0.2, -0.15) is 0 Å². The molecule has 27 heavy (non-hydrogen) atoms. The summed E-state index contributed by atoms with van der Waals surface area (Å²) in [4.78, 5) is 4.82. The highest BCUT2D eigenvalue weighted by molar-refractivity contribution is 6.30. The average molecular weight is 377 g/mol. The number of hydrogen-bond donors (Lipinski definition) is 0. The molecule has 0 radical (unpaired) electrons. The lowest BCUT2D eigenvalue weighted by atomic mass is 10.1. The molecule has 4 heteroatoms. The minimum Gasteiger partial charge on any atom is -0.492 e. The number of rotatable bonds is 5. The molecule has 0 bridgehead atoms. The van der Waals surface area contributed by atoms with Crippen molar-refractivity contribution in [3.05, 3.63) is 82.9 Å². The van der Waals surface area contributed by atoms with Gasteiger partial charge in [0, 0.05) is 10.6 Å².